The van der Waals surface area contributed by atoms with Gasteiger partial charge in [-0.05, 0) is 60.4 Å². The molecule has 0 saturated carbocycles. The van der Waals surface area contributed by atoms with Crippen LogP contribution in [0.2, 0.25) is 0 Å². The zero-order chi connectivity index (χ0) is 15.0. The monoisotopic (exact) mass is 341 g/mol. The molecule has 0 radical (unpaired) electrons. The Bertz CT molecular complexity index is 446. The van der Waals surface area contributed by atoms with E-state index >= 15 is 0 Å². The number of halogens is 1. The number of nitrogens with one attached hydrogen (secondary N) is 1. The van der Waals surface area contributed by atoms with Gasteiger partial charge in [0, 0.05) is 6.04 Å². The third-order valence-corrected chi connectivity index (χ3v) is 3.42. The topological polar surface area (TPSA) is 30.5 Å². The Labute approximate surface area is 130 Å². The van der Waals surface area contributed by atoms with E-state index in [-0.39, 0.29) is 0 Å². The molecule has 0 bridgehead atoms. The van der Waals surface area contributed by atoms with Gasteiger partial charge in [0.2, 0.25) is 0 Å². The van der Waals surface area contributed by atoms with E-state index in [0.29, 0.717) is 12.6 Å². The first kappa shape index (κ1) is 17.1. The fourth-order valence-corrected chi connectivity index (χ4v) is 2.39. The van der Waals surface area contributed by atoms with Crippen molar-refractivity contribution in [2.24, 2.45) is 0 Å². The van der Waals surface area contributed by atoms with Gasteiger partial charge in [0.1, 0.15) is 0 Å². The van der Waals surface area contributed by atoms with Crippen LogP contribution in [0.5, 0.6) is 11.5 Å². The van der Waals surface area contributed by atoms with E-state index < -0.39 is 0 Å². The van der Waals surface area contributed by atoms with Crippen molar-refractivity contribution in [2.75, 3.05) is 20.3 Å². The van der Waals surface area contributed by atoms with Crippen LogP contribution in [0.4, 0.5) is 0 Å². The molecule has 1 atom stereocenters. The summed E-state index contributed by atoms with van der Waals surface area (Å²) in [5.74, 6) is 1.50. The Hall–Kier alpha value is -1.00. The second-order valence-electron chi connectivity index (χ2n) is 4.57. The van der Waals surface area contributed by atoms with E-state index in [1.165, 1.54) is 0 Å². The zero-order valence-electron chi connectivity index (χ0n) is 12.7. The molecule has 0 saturated heterocycles. The van der Waals surface area contributed by atoms with Crippen molar-refractivity contribution in [2.45, 2.75) is 33.2 Å². The number of rotatable bonds is 8. The summed E-state index contributed by atoms with van der Waals surface area (Å²) < 4.78 is 11.9. The van der Waals surface area contributed by atoms with Gasteiger partial charge >= 0.3 is 0 Å². The third kappa shape index (κ3) is 5.17. The summed E-state index contributed by atoms with van der Waals surface area (Å²) in [5, 5.41) is 3.42. The highest BCUT2D eigenvalue weighted by Gasteiger charge is 2.10. The van der Waals surface area contributed by atoms with Crippen molar-refractivity contribution < 1.29 is 9.47 Å². The maximum absolute atomic E-state index is 5.58. The summed E-state index contributed by atoms with van der Waals surface area (Å²) in [6.45, 7) is 7.91. The normalized spacial score (nSPS) is 12.7. The first-order chi connectivity index (χ1) is 9.62. The Balaban J connectivity index is 2.86. The summed E-state index contributed by atoms with van der Waals surface area (Å²) in [5.41, 5.74) is 1.09. The molecule has 1 rings (SSSR count). The van der Waals surface area contributed by atoms with Gasteiger partial charge in [0.25, 0.3) is 0 Å². The highest BCUT2D eigenvalue weighted by molar-refractivity contribution is 9.10. The van der Waals surface area contributed by atoms with E-state index in [1.807, 2.05) is 19.1 Å². The molecular weight excluding hydrogens is 318 g/mol. The van der Waals surface area contributed by atoms with Crippen LogP contribution >= 0.6 is 15.9 Å². The highest BCUT2D eigenvalue weighted by Crippen LogP contribution is 2.36. The van der Waals surface area contributed by atoms with Gasteiger partial charge in [-0.1, -0.05) is 19.1 Å². The number of hydrogen-bond acceptors (Lipinski definition) is 3. The average molecular weight is 342 g/mol. The van der Waals surface area contributed by atoms with Gasteiger partial charge in [-0.15, -0.1) is 0 Å². The van der Waals surface area contributed by atoms with Gasteiger partial charge < -0.3 is 14.8 Å². The van der Waals surface area contributed by atoms with E-state index in [4.69, 9.17) is 9.47 Å². The number of hydrogen-bond donors (Lipinski definition) is 1. The lowest BCUT2D eigenvalue weighted by Gasteiger charge is -2.12. The number of benzene rings is 1. The van der Waals surface area contributed by atoms with Crippen molar-refractivity contribution >= 4 is 22.0 Å². The minimum Gasteiger partial charge on any atom is -0.493 e. The molecule has 20 heavy (non-hydrogen) atoms. The zero-order valence-corrected chi connectivity index (χ0v) is 14.3. The van der Waals surface area contributed by atoms with Crippen LogP contribution in [0.15, 0.2) is 22.7 Å². The Morgan fingerprint density at radius 1 is 1.35 bits per heavy atom. The SMILES string of the molecule is CCCNC(C)/C=C/c1cc(Br)c(OCC)c(OC)c1. The molecule has 0 aromatic heterocycles. The lowest BCUT2D eigenvalue weighted by Crippen LogP contribution is -2.24. The molecule has 1 aromatic rings. The standard InChI is InChI=1S/C16H24BrNO2/c1-5-9-18-12(3)7-8-13-10-14(17)16(20-6-2)15(11-13)19-4/h7-8,10-12,18H,5-6,9H2,1-4H3/b8-7+. The van der Waals surface area contributed by atoms with E-state index in [1.54, 1.807) is 7.11 Å². The molecule has 0 heterocycles. The van der Waals surface area contributed by atoms with Gasteiger partial charge in [-0.2, -0.15) is 0 Å². The molecule has 1 aromatic carbocycles. The molecule has 0 spiro atoms. The van der Waals surface area contributed by atoms with E-state index in [9.17, 15) is 0 Å². The molecule has 0 fully saturated rings. The van der Waals surface area contributed by atoms with Crippen LogP contribution in [0.25, 0.3) is 6.08 Å². The maximum Gasteiger partial charge on any atom is 0.175 e. The van der Waals surface area contributed by atoms with Crippen molar-refractivity contribution in [1.29, 1.82) is 0 Å². The third-order valence-electron chi connectivity index (χ3n) is 2.83. The van der Waals surface area contributed by atoms with Gasteiger partial charge in [-0.25, -0.2) is 0 Å². The first-order valence-electron chi connectivity index (χ1n) is 7.04. The van der Waals surface area contributed by atoms with E-state index in [0.717, 1.165) is 34.5 Å². The number of methoxy groups -OCH3 is 1. The fraction of sp³-hybridized carbons (Fsp3) is 0.500. The molecule has 4 heteroatoms. The van der Waals surface area contributed by atoms with Crippen molar-refractivity contribution in [3.63, 3.8) is 0 Å². The number of ether oxygens (including phenoxy) is 2. The molecule has 1 unspecified atom stereocenters. The molecule has 0 amide bonds. The molecule has 3 nitrogen and oxygen atoms in total. The molecule has 1 N–H and O–H groups in total. The summed E-state index contributed by atoms with van der Waals surface area (Å²) in [6.07, 6.45) is 5.38. The second-order valence-corrected chi connectivity index (χ2v) is 5.42. The fourth-order valence-electron chi connectivity index (χ4n) is 1.82. The summed E-state index contributed by atoms with van der Waals surface area (Å²) >= 11 is 3.53. The smallest absolute Gasteiger partial charge is 0.175 e. The maximum atomic E-state index is 5.58. The van der Waals surface area contributed by atoms with Gasteiger partial charge in [-0.3, -0.25) is 0 Å². The predicted molar refractivity (Wildman–Crippen MR) is 88.7 cm³/mol. The van der Waals surface area contributed by atoms with Gasteiger partial charge in [0.05, 0.1) is 18.2 Å². The Kier molecular flexibility index (Phi) is 7.70. The lowest BCUT2D eigenvalue weighted by atomic mass is 10.1. The van der Waals surface area contributed by atoms with Crippen molar-refractivity contribution in [1.82, 2.24) is 5.32 Å². The quantitative estimate of drug-likeness (QED) is 0.766. The second kappa shape index (κ2) is 9.03. The highest BCUT2D eigenvalue weighted by atomic mass is 79.9. The van der Waals surface area contributed by atoms with Crippen LogP contribution < -0.4 is 14.8 Å². The molecule has 0 aliphatic rings. The largest absolute Gasteiger partial charge is 0.493 e. The van der Waals surface area contributed by atoms with Gasteiger partial charge in [0.15, 0.2) is 11.5 Å². The van der Waals surface area contributed by atoms with E-state index in [2.05, 4.69) is 47.2 Å². The van der Waals surface area contributed by atoms with Crippen LogP contribution in [-0.4, -0.2) is 26.3 Å². The Morgan fingerprint density at radius 2 is 2.10 bits per heavy atom. The Morgan fingerprint density at radius 3 is 2.70 bits per heavy atom. The molecule has 0 aliphatic heterocycles. The summed E-state index contributed by atoms with van der Waals surface area (Å²) in [7, 11) is 1.66. The summed E-state index contributed by atoms with van der Waals surface area (Å²) in [4.78, 5) is 0. The van der Waals surface area contributed by atoms with Crippen molar-refractivity contribution in [3.05, 3.63) is 28.2 Å². The predicted octanol–water partition coefficient (Wildman–Crippen LogP) is 4.26. The van der Waals surface area contributed by atoms with Crippen LogP contribution in [0, 0.1) is 0 Å². The summed E-state index contributed by atoms with van der Waals surface area (Å²) in [6, 6.07) is 4.38. The average Bonchev–Trinajstić information content (AvgIpc) is 2.45. The van der Waals surface area contributed by atoms with Crippen LogP contribution in [0.3, 0.4) is 0 Å². The molecule has 112 valence electrons. The minimum atomic E-state index is 0.353. The lowest BCUT2D eigenvalue weighted by molar-refractivity contribution is 0.309. The van der Waals surface area contributed by atoms with Crippen LogP contribution in [-0.2, 0) is 0 Å². The molecular formula is C16H24BrNO2. The van der Waals surface area contributed by atoms with Crippen molar-refractivity contribution in [3.8, 4) is 11.5 Å². The molecule has 0 aliphatic carbocycles. The van der Waals surface area contributed by atoms with Crippen LogP contribution in [0.1, 0.15) is 32.8 Å². The first-order valence-corrected chi connectivity index (χ1v) is 7.83. The minimum absolute atomic E-state index is 0.353.